The molecule has 0 unspecified atom stereocenters. The lowest BCUT2D eigenvalue weighted by Gasteiger charge is -1.96. The molecule has 0 atom stereocenters. The molecule has 66 valence electrons. The first kappa shape index (κ1) is 7.79. The normalized spacial score (nSPS) is 15.4. The highest BCUT2D eigenvalue weighted by atomic mass is 16.7. The van der Waals surface area contributed by atoms with Crippen LogP contribution in [0.1, 0.15) is 12.0 Å². The van der Waals surface area contributed by atoms with Crippen molar-refractivity contribution in [2.24, 2.45) is 5.16 Å². The predicted molar refractivity (Wildman–Crippen MR) is 45.4 cm³/mol. The van der Waals surface area contributed by atoms with E-state index in [2.05, 4.69) is 9.99 Å². The van der Waals surface area contributed by atoms with Gasteiger partial charge in [0.05, 0.1) is 12.1 Å². The molecule has 1 heterocycles. The van der Waals surface area contributed by atoms with Crippen molar-refractivity contribution in [1.29, 1.82) is 0 Å². The van der Waals surface area contributed by atoms with Gasteiger partial charge in [-0.05, 0) is 24.3 Å². The number of phenols is 1. The molecule has 1 aliphatic heterocycles. The molecule has 0 fully saturated rings. The highest BCUT2D eigenvalue weighted by Gasteiger charge is 2.18. The van der Waals surface area contributed by atoms with Crippen molar-refractivity contribution >= 4 is 11.7 Å². The third-order valence-electron chi connectivity index (χ3n) is 1.77. The minimum atomic E-state index is -0.344. The van der Waals surface area contributed by atoms with Gasteiger partial charge in [-0.25, -0.2) is 4.79 Å². The number of carbonyl (C=O) groups is 1. The van der Waals surface area contributed by atoms with Gasteiger partial charge in [-0.1, -0.05) is 5.16 Å². The molecule has 2 rings (SSSR count). The van der Waals surface area contributed by atoms with Gasteiger partial charge < -0.3 is 9.94 Å². The first-order chi connectivity index (χ1) is 6.25. The minimum Gasteiger partial charge on any atom is -0.508 e. The summed E-state index contributed by atoms with van der Waals surface area (Å²) in [6.45, 7) is 0. The molecule has 1 aromatic carbocycles. The fourth-order valence-corrected chi connectivity index (χ4v) is 1.12. The summed E-state index contributed by atoms with van der Waals surface area (Å²) in [4.78, 5) is 15.1. The second-order valence-corrected chi connectivity index (χ2v) is 2.72. The number of phenolic OH excluding ortho intramolecular Hbond substituents is 1. The number of oxime groups is 1. The maximum Gasteiger partial charge on any atom is 0.341 e. The van der Waals surface area contributed by atoms with E-state index in [9.17, 15) is 4.79 Å². The Kier molecular flexibility index (Phi) is 1.73. The summed E-state index contributed by atoms with van der Waals surface area (Å²) in [7, 11) is 0. The van der Waals surface area contributed by atoms with Gasteiger partial charge in [0.25, 0.3) is 0 Å². The van der Waals surface area contributed by atoms with Crippen LogP contribution in [0.25, 0.3) is 0 Å². The van der Waals surface area contributed by atoms with Crippen LogP contribution in [-0.4, -0.2) is 16.8 Å². The summed E-state index contributed by atoms with van der Waals surface area (Å²) in [5, 5.41) is 12.6. The summed E-state index contributed by atoms with van der Waals surface area (Å²) >= 11 is 0. The van der Waals surface area contributed by atoms with Crippen LogP contribution in [0.15, 0.2) is 29.4 Å². The number of rotatable bonds is 1. The molecule has 0 amide bonds. The van der Waals surface area contributed by atoms with Crippen LogP contribution in [-0.2, 0) is 9.63 Å². The van der Waals surface area contributed by atoms with Crippen LogP contribution >= 0.6 is 0 Å². The third-order valence-corrected chi connectivity index (χ3v) is 1.77. The number of aromatic hydroxyl groups is 1. The van der Waals surface area contributed by atoms with Crippen LogP contribution in [0.2, 0.25) is 0 Å². The van der Waals surface area contributed by atoms with Crippen molar-refractivity contribution in [3.05, 3.63) is 29.8 Å². The van der Waals surface area contributed by atoms with E-state index < -0.39 is 0 Å². The second kappa shape index (κ2) is 2.90. The monoisotopic (exact) mass is 177 g/mol. The Balaban J connectivity index is 2.27. The molecule has 1 aromatic rings. The molecular formula is C9H7NO3. The molecular weight excluding hydrogens is 170 g/mol. The Bertz CT molecular complexity index is 367. The van der Waals surface area contributed by atoms with Crippen molar-refractivity contribution in [2.75, 3.05) is 0 Å². The Morgan fingerprint density at radius 3 is 2.54 bits per heavy atom. The summed E-state index contributed by atoms with van der Waals surface area (Å²) < 4.78 is 0. The van der Waals surface area contributed by atoms with E-state index in [4.69, 9.17) is 5.11 Å². The highest BCUT2D eigenvalue weighted by Crippen LogP contribution is 2.15. The Hall–Kier alpha value is -1.84. The average molecular weight is 177 g/mol. The molecule has 4 heteroatoms. The maximum atomic E-state index is 10.7. The predicted octanol–water partition coefficient (Wildman–Crippen LogP) is 1.04. The van der Waals surface area contributed by atoms with Gasteiger partial charge in [-0.2, -0.15) is 0 Å². The molecule has 0 saturated heterocycles. The SMILES string of the molecule is O=C1CC(c2ccc(O)cc2)=NO1. The summed E-state index contributed by atoms with van der Waals surface area (Å²) in [5.41, 5.74) is 1.40. The topological polar surface area (TPSA) is 58.9 Å². The Morgan fingerprint density at radius 2 is 2.00 bits per heavy atom. The van der Waals surface area contributed by atoms with Crippen LogP contribution in [0.4, 0.5) is 0 Å². The van der Waals surface area contributed by atoms with E-state index in [0.29, 0.717) is 5.71 Å². The Morgan fingerprint density at radius 1 is 1.31 bits per heavy atom. The molecule has 0 radical (unpaired) electrons. The molecule has 1 N–H and O–H groups in total. The zero-order valence-corrected chi connectivity index (χ0v) is 6.73. The van der Waals surface area contributed by atoms with Gasteiger partial charge >= 0.3 is 5.97 Å². The zero-order valence-electron chi connectivity index (χ0n) is 6.73. The lowest BCUT2D eigenvalue weighted by atomic mass is 10.1. The zero-order chi connectivity index (χ0) is 9.26. The number of nitrogens with zero attached hydrogens (tertiary/aromatic N) is 1. The lowest BCUT2D eigenvalue weighted by molar-refractivity contribution is -0.140. The second-order valence-electron chi connectivity index (χ2n) is 2.72. The average Bonchev–Trinajstić information content (AvgIpc) is 2.53. The molecule has 0 bridgehead atoms. The largest absolute Gasteiger partial charge is 0.508 e. The summed E-state index contributed by atoms with van der Waals surface area (Å²) in [6.07, 6.45) is 0.199. The molecule has 0 spiro atoms. The van der Waals surface area contributed by atoms with Gasteiger partial charge in [0.1, 0.15) is 5.75 Å². The van der Waals surface area contributed by atoms with Gasteiger partial charge in [-0.15, -0.1) is 0 Å². The van der Waals surface area contributed by atoms with E-state index >= 15 is 0 Å². The maximum absolute atomic E-state index is 10.7. The van der Waals surface area contributed by atoms with Crippen LogP contribution in [0.3, 0.4) is 0 Å². The summed E-state index contributed by atoms with van der Waals surface area (Å²) in [5.74, 6) is -0.155. The fraction of sp³-hybridized carbons (Fsp3) is 0.111. The lowest BCUT2D eigenvalue weighted by Crippen LogP contribution is -1.99. The van der Waals surface area contributed by atoms with E-state index in [1.807, 2.05) is 0 Å². The van der Waals surface area contributed by atoms with Crippen LogP contribution in [0.5, 0.6) is 5.75 Å². The minimum absolute atomic E-state index is 0.189. The van der Waals surface area contributed by atoms with Crippen LogP contribution < -0.4 is 0 Å². The van der Waals surface area contributed by atoms with Crippen molar-refractivity contribution in [3.8, 4) is 5.75 Å². The van der Waals surface area contributed by atoms with E-state index in [-0.39, 0.29) is 18.1 Å². The van der Waals surface area contributed by atoms with Crippen LogP contribution in [0, 0.1) is 0 Å². The third kappa shape index (κ3) is 1.51. The molecule has 0 aliphatic carbocycles. The molecule has 0 saturated carbocycles. The van der Waals surface area contributed by atoms with Crippen molar-refractivity contribution in [1.82, 2.24) is 0 Å². The quantitative estimate of drug-likeness (QED) is 0.652. The molecule has 1 aliphatic rings. The van der Waals surface area contributed by atoms with Gasteiger partial charge in [0, 0.05) is 5.56 Å². The molecule has 4 nitrogen and oxygen atoms in total. The van der Waals surface area contributed by atoms with E-state index in [1.165, 1.54) is 0 Å². The number of hydrogen-bond donors (Lipinski definition) is 1. The van der Waals surface area contributed by atoms with E-state index in [0.717, 1.165) is 5.56 Å². The number of benzene rings is 1. The highest BCUT2D eigenvalue weighted by molar-refractivity contribution is 6.11. The molecule has 13 heavy (non-hydrogen) atoms. The smallest absolute Gasteiger partial charge is 0.341 e. The number of hydrogen-bond acceptors (Lipinski definition) is 4. The Labute approximate surface area is 74.4 Å². The van der Waals surface area contributed by atoms with Crippen molar-refractivity contribution in [3.63, 3.8) is 0 Å². The number of carbonyl (C=O) groups excluding carboxylic acids is 1. The van der Waals surface area contributed by atoms with Gasteiger partial charge in [0.2, 0.25) is 0 Å². The standard InChI is InChI=1S/C9H7NO3/c11-7-3-1-6(2-4-7)8-5-9(12)13-10-8/h1-4,11H,5H2. The van der Waals surface area contributed by atoms with E-state index in [1.54, 1.807) is 24.3 Å². The van der Waals surface area contributed by atoms with Gasteiger partial charge in [0.15, 0.2) is 0 Å². The first-order valence-electron chi connectivity index (χ1n) is 3.82. The molecule has 0 aromatic heterocycles. The van der Waals surface area contributed by atoms with Crippen molar-refractivity contribution < 1.29 is 14.7 Å². The van der Waals surface area contributed by atoms with Crippen molar-refractivity contribution in [2.45, 2.75) is 6.42 Å². The first-order valence-corrected chi connectivity index (χ1v) is 3.82. The van der Waals surface area contributed by atoms with Gasteiger partial charge in [-0.3, -0.25) is 0 Å². The summed E-state index contributed by atoms with van der Waals surface area (Å²) in [6, 6.07) is 6.47. The fourth-order valence-electron chi connectivity index (χ4n) is 1.12.